The summed E-state index contributed by atoms with van der Waals surface area (Å²) < 4.78 is 20.5. The number of ketones is 1. The largest absolute Gasteiger partial charge is 0.497 e. The molecule has 0 amide bonds. The van der Waals surface area contributed by atoms with Gasteiger partial charge in [0.1, 0.15) is 17.2 Å². The normalized spacial score (nSPS) is 10.2. The van der Waals surface area contributed by atoms with Crippen LogP contribution in [0.25, 0.3) is 0 Å². The molecule has 0 aliphatic rings. The van der Waals surface area contributed by atoms with E-state index in [1.54, 1.807) is 50.6 Å². The Bertz CT molecular complexity index is 797. The summed E-state index contributed by atoms with van der Waals surface area (Å²) >= 11 is 0. The molecule has 0 atom stereocenters. The molecule has 2 rings (SSSR count). The van der Waals surface area contributed by atoms with Gasteiger partial charge in [-0.3, -0.25) is 9.59 Å². The first-order valence-electron chi connectivity index (χ1n) is 8.04. The SMILES string of the molecule is COC(=O)CCc1cc(C(=O)c2ccc(OC)cc2OC)ccc1OC. The van der Waals surface area contributed by atoms with Gasteiger partial charge in [0.25, 0.3) is 0 Å². The molecule has 0 aliphatic carbocycles. The number of methoxy groups -OCH3 is 4. The van der Waals surface area contributed by atoms with E-state index in [0.29, 0.717) is 34.8 Å². The van der Waals surface area contributed by atoms with E-state index in [2.05, 4.69) is 4.74 Å². The van der Waals surface area contributed by atoms with E-state index >= 15 is 0 Å². The maximum absolute atomic E-state index is 12.9. The van der Waals surface area contributed by atoms with E-state index in [0.717, 1.165) is 5.56 Å². The lowest BCUT2D eigenvalue weighted by atomic mass is 9.98. The van der Waals surface area contributed by atoms with Crippen molar-refractivity contribution in [3.8, 4) is 17.2 Å². The minimum absolute atomic E-state index is 0.188. The second kappa shape index (κ2) is 8.89. The number of benzene rings is 2. The molecule has 0 N–H and O–H groups in total. The van der Waals surface area contributed by atoms with Crippen molar-refractivity contribution in [2.24, 2.45) is 0 Å². The van der Waals surface area contributed by atoms with Crippen LogP contribution in [0.15, 0.2) is 36.4 Å². The van der Waals surface area contributed by atoms with Crippen LogP contribution in [0.1, 0.15) is 27.9 Å². The quantitative estimate of drug-likeness (QED) is 0.534. The summed E-state index contributed by atoms with van der Waals surface area (Å²) in [6.07, 6.45) is 0.618. The van der Waals surface area contributed by atoms with Crippen LogP contribution in [-0.2, 0) is 16.0 Å². The Labute approximate surface area is 152 Å². The predicted octanol–water partition coefficient (Wildman–Crippen LogP) is 3.05. The number of rotatable bonds is 8. The molecule has 0 bridgehead atoms. The van der Waals surface area contributed by atoms with Crippen molar-refractivity contribution < 1.29 is 28.5 Å². The fraction of sp³-hybridized carbons (Fsp3) is 0.300. The minimum Gasteiger partial charge on any atom is -0.497 e. The van der Waals surface area contributed by atoms with E-state index in [1.807, 2.05) is 0 Å². The fourth-order valence-corrected chi connectivity index (χ4v) is 2.60. The number of hydrogen-bond donors (Lipinski definition) is 0. The fourth-order valence-electron chi connectivity index (χ4n) is 2.60. The molecule has 0 heterocycles. The summed E-state index contributed by atoms with van der Waals surface area (Å²) in [5, 5.41) is 0. The maximum Gasteiger partial charge on any atom is 0.305 e. The van der Waals surface area contributed by atoms with Crippen LogP contribution in [0.3, 0.4) is 0 Å². The molecule has 0 saturated carbocycles. The summed E-state index contributed by atoms with van der Waals surface area (Å²) in [6, 6.07) is 10.2. The van der Waals surface area contributed by atoms with Gasteiger partial charge < -0.3 is 18.9 Å². The molecule has 2 aromatic carbocycles. The average Bonchev–Trinajstić information content (AvgIpc) is 2.70. The van der Waals surface area contributed by atoms with Crippen LogP contribution >= 0.6 is 0 Å². The Morgan fingerprint density at radius 1 is 0.846 bits per heavy atom. The molecule has 0 aliphatic heterocycles. The van der Waals surface area contributed by atoms with Crippen molar-refractivity contribution in [2.45, 2.75) is 12.8 Å². The lowest BCUT2D eigenvalue weighted by Gasteiger charge is -2.12. The molecule has 0 fully saturated rings. The molecule has 0 saturated heterocycles. The molecule has 6 heteroatoms. The van der Waals surface area contributed by atoms with E-state index in [4.69, 9.17) is 14.2 Å². The third kappa shape index (κ3) is 4.33. The Hall–Kier alpha value is -3.02. The number of ether oxygens (including phenoxy) is 4. The number of carbonyl (C=O) groups is 2. The molecule has 2 aromatic rings. The monoisotopic (exact) mass is 358 g/mol. The minimum atomic E-state index is -0.319. The van der Waals surface area contributed by atoms with Crippen LogP contribution in [-0.4, -0.2) is 40.2 Å². The van der Waals surface area contributed by atoms with Gasteiger partial charge in [-0.05, 0) is 42.3 Å². The second-order valence-corrected chi connectivity index (χ2v) is 5.50. The summed E-state index contributed by atoms with van der Waals surface area (Å²) in [6.45, 7) is 0. The van der Waals surface area contributed by atoms with Crippen molar-refractivity contribution in [3.63, 3.8) is 0 Å². The highest BCUT2D eigenvalue weighted by Crippen LogP contribution is 2.29. The second-order valence-electron chi connectivity index (χ2n) is 5.50. The average molecular weight is 358 g/mol. The third-order valence-electron chi connectivity index (χ3n) is 4.02. The highest BCUT2D eigenvalue weighted by atomic mass is 16.5. The van der Waals surface area contributed by atoms with Gasteiger partial charge in [-0.15, -0.1) is 0 Å². The summed E-state index contributed by atoms with van der Waals surface area (Å²) in [5.74, 6) is 1.15. The number of hydrogen-bond acceptors (Lipinski definition) is 6. The molecule has 6 nitrogen and oxygen atoms in total. The summed E-state index contributed by atoms with van der Waals surface area (Å²) in [4.78, 5) is 24.3. The molecule has 0 radical (unpaired) electrons. The van der Waals surface area contributed by atoms with E-state index in [1.165, 1.54) is 14.2 Å². The standard InChI is InChI=1S/C20H22O6/c1-23-15-7-8-16(18(12-15)25-3)20(22)14-5-9-17(24-2)13(11-14)6-10-19(21)26-4/h5,7-9,11-12H,6,10H2,1-4H3. The van der Waals surface area contributed by atoms with Crippen molar-refractivity contribution in [1.82, 2.24) is 0 Å². The first-order valence-corrected chi connectivity index (χ1v) is 8.04. The van der Waals surface area contributed by atoms with Crippen LogP contribution in [0.5, 0.6) is 17.2 Å². The van der Waals surface area contributed by atoms with Crippen molar-refractivity contribution in [2.75, 3.05) is 28.4 Å². The molecule has 0 unspecified atom stereocenters. The summed E-state index contributed by atoms with van der Waals surface area (Å²) in [5.41, 5.74) is 1.67. The van der Waals surface area contributed by atoms with Gasteiger partial charge in [-0.25, -0.2) is 0 Å². The zero-order valence-corrected chi connectivity index (χ0v) is 15.3. The lowest BCUT2D eigenvalue weighted by Crippen LogP contribution is -2.07. The van der Waals surface area contributed by atoms with E-state index in [-0.39, 0.29) is 18.2 Å². The van der Waals surface area contributed by atoms with Gasteiger partial charge in [0.2, 0.25) is 0 Å². The van der Waals surface area contributed by atoms with Gasteiger partial charge in [-0.2, -0.15) is 0 Å². The highest BCUT2D eigenvalue weighted by molar-refractivity contribution is 6.11. The maximum atomic E-state index is 12.9. The molecule has 138 valence electrons. The van der Waals surface area contributed by atoms with Gasteiger partial charge in [-0.1, -0.05) is 0 Å². The van der Waals surface area contributed by atoms with Crippen molar-refractivity contribution >= 4 is 11.8 Å². The zero-order chi connectivity index (χ0) is 19.1. The Kier molecular flexibility index (Phi) is 6.60. The number of esters is 1. The topological polar surface area (TPSA) is 71.1 Å². The van der Waals surface area contributed by atoms with Crippen molar-refractivity contribution in [1.29, 1.82) is 0 Å². The first-order chi connectivity index (χ1) is 12.5. The highest BCUT2D eigenvalue weighted by Gasteiger charge is 2.17. The van der Waals surface area contributed by atoms with Crippen LogP contribution in [0.4, 0.5) is 0 Å². The molecule has 0 spiro atoms. The summed E-state index contributed by atoms with van der Waals surface area (Å²) in [7, 11) is 5.94. The first kappa shape index (κ1) is 19.3. The van der Waals surface area contributed by atoms with E-state index in [9.17, 15) is 9.59 Å². The van der Waals surface area contributed by atoms with Crippen LogP contribution in [0, 0.1) is 0 Å². The molecular weight excluding hydrogens is 336 g/mol. The Balaban J connectivity index is 2.35. The Morgan fingerprint density at radius 2 is 1.58 bits per heavy atom. The Morgan fingerprint density at radius 3 is 2.19 bits per heavy atom. The van der Waals surface area contributed by atoms with Gasteiger partial charge in [0, 0.05) is 18.1 Å². The van der Waals surface area contributed by atoms with Gasteiger partial charge >= 0.3 is 5.97 Å². The van der Waals surface area contributed by atoms with Crippen LogP contribution < -0.4 is 14.2 Å². The number of carbonyl (C=O) groups excluding carboxylic acids is 2. The predicted molar refractivity (Wildman–Crippen MR) is 96.3 cm³/mol. The molecule has 0 aromatic heterocycles. The third-order valence-corrected chi connectivity index (χ3v) is 4.02. The zero-order valence-electron chi connectivity index (χ0n) is 15.3. The lowest BCUT2D eigenvalue weighted by molar-refractivity contribution is -0.140. The molecule has 26 heavy (non-hydrogen) atoms. The van der Waals surface area contributed by atoms with Crippen molar-refractivity contribution in [3.05, 3.63) is 53.1 Å². The number of aryl methyl sites for hydroxylation is 1. The van der Waals surface area contributed by atoms with Gasteiger partial charge in [0.05, 0.1) is 34.0 Å². The molecular formula is C20H22O6. The smallest absolute Gasteiger partial charge is 0.305 e. The van der Waals surface area contributed by atoms with Crippen LogP contribution in [0.2, 0.25) is 0 Å². The van der Waals surface area contributed by atoms with Gasteiger partial charge in [0.15, 0.2) is 5.78 Å². The van der Waals surface area contributed by atoms with E-state index < -0.39 is 0 Å².